The normalized spacial score (nSPS) is 25.2. The maximum atomic E-state index is 5.39. The van der Waals surface area contributed by atoms with Crippen LogP contribution in [0.2, 0.25) is 0 Å². The van der Waals surface area contributed by atoms with Crippen LogP contribution in [0.3, 0.4) is 0 Å². The lowest BCUT2D eigenvalue weighted by atomic mass is 10.0. The third-order valence-electron chi connectivity index (χ3n) is 4.34. The van der Waals surface area contributed by atoms with Gasteiger partial charge in [0.25, 0.3) is 6.01 Å². The van der Waals surface area contributed by atoms with Gasteiger partial charge in [0.2, 0.25) is 0 Å². The third-order valence-corrected chi connectivity index (χ3v) is 4.34. The van der Waals surface area contributed by atoms with E-state index in [9.17, 15) is 0 Å². The predicted molar refractivity (Wildman–Crippen MR) is 74.7 cm³/mol. The zero-order valence-corrected chi connectivity index (χ0v) is 11.4. The number of hydrogen-bond donors (Lipinski definition) is 0. The molecule has 2 saturated heterocycles. The molecule has 20 heavy (non-hydrogen) atoms. The van der Waals surface area contributed by atoms with Gasteiger partial charge in [0.05, 0.1) is 6.20 Å². The molecule has 0 bridgehead atoms. The zero-order chi connectivity index (χ0) is 13.5. The maximum Gasteiger partial charge on any atom is 0.297 e. The van der Waals surface area contributed by atoms with E-state index < -0.39 is 0 Å². The summed E-state index contributed by atoms with van der Waals surface area (Å²) in [5, 5.41) is 0. The highest BCUT2D eigenvalue weighted by atomic mass is 16.4. The van der Waals surface area contributed by atoms with Gasteiger partial charge in [-0.25, -0.2) is 15.0 Å². The lowest BCUT2D eigenvalue weighted by molar-refractivity contribution is 0.533. The molecular weight excluding hydrogens is 254 g/mol. The number of oxazole rings is 1. The maximum absolute atomic E-state index is 5.39. The number of rotatable bonds is 2. The molecule has 2 fully saturated rings. The first kappa shape index (κ1) is 11.7. The summed E-state index contributed by atoms with van der Waals surface area (Å²) >= 11 is 0. The Balaban J connectivity index is 1.48. The van der Waals surface area contributed by atoms with Crippen molar-refractivity contribution in [3.05, 3.63) is 30.5 Å². The summed E-state index contributed by atoms with van der Waals surface area (Å²) in [4.78, 5) is 17.4. The SMILES string of the molecule is Cc1cncnc1N1CC2CN(c3ncco3)CC2C1. The van der Waals surface area contributed by atoms with E-state index >= 15 is 0 Å². The number of aromatic nitrogens is 3. The minimum absolute atomic E-state index is 0.663. The molecule has 4 rings (SSSR count). The van der Waals surface area contributed by atoms with Crippen LogP contribution in [0.15, 0.2) is 29.4 Å². The van der Waals surface area contributed by atoms with Crippen LogP contribution < -0.4 is 9.80 Å². The van der Waals surface area contributed by atoms with Crippen molar-refractivity contribution in [1.29, 1.82) is 0 Å². The molecule has 2 aliphatic heterocycles. The van der Waals surface area contributed by atoms with E-state index in [0.29, 0.717) is 11.8 Å². The molecule has 0 aromatic carbocycles. The minimum Gasteiger partial charge on any atom is -0.432 e. The van der Waals surface area contributed by atoms with Gasteiger partial charge in [0.1, 0.15) is 18.4 Å². The van der Waals surface area contributed by atoms with Crippen LogP contribution in [-0.2, 0) is 0 Å². The van der Waals surface area contributed by atoms with Crippen LogP contribution >= 0.6 is 0 Å². The van der Waals surface area contributed by atoms with Crippen molar-refractivity contribution in [2.75, 3.05) is 36.0 Å². The average Bonchev–Trinajstić information content (AvgIpc) is 3.14. The minimum atomic E-state index is 0.663. The van der Waals surface area contributed by atoms with Crippen molar-refractivity contribution < 1.29 is 4.42 Å². The van der Waals surface area contributed by atoms with E-state index in [4.69, 9.17) is 4.42 Å². The second kappa shape index (κ2) is 4.47. The summed E-state index contributed by atoms with van der Waals surface area (Å²) in [6.45, 7) is 6.22. The molecule has 0 amide bonds. The Kier molecular flexibility index (Phi) is 2.61. The molecule has 2 aromatic heterocycles. The Bertz CT molecular complexity index is 585. The van der Waals surface area contributed by atoms with Gasteiger partial charge in [-0.1, -0.05) is 0 Å². The molecule has 4 heterocycles. The topological polar surface area (TPSA) is 58.3 Å². The van der Waals surface area contributed by atoms with Crippen LogP contribution in [0.5, 0.6) is 0 Å². The number of hydrogen-bond acceptors (Lipinski definition) is 6. The number of aryl methyl sites for hydroxylation is 1. The fourth-order valence-electron chi connectivity index (χ4n) is 3.42. The summed E-state index contributed by atoms with van der Waals surface area (Å²) in [6.07, 6.45) is 6.87. The number of nitrogens with zero attached hydrogens (tertiary/aromatic N) is 5. The Labute approximate surface area is 117 Å². The van der Waals surface area contributed by atoms with Crippen molar-refractivity contribution in [3.8, 4) is 0 Å². The van der Waals surface area contributed by atoms with Crippen LogP contribution in [0.25, 0.3) is 0 Å². The van der Waals surface area contributed by atoms with Crippen LogP contribution in [0, 0.1) is 18.8 Å². The van der Waals surface area contributed by atoms with E-state index in [1.165, 1.54) is 0 Å². The molecule has 104 valence electrons. The van der Waals surface area contributed by atoms with Crippen molar-refractivity contribution in [2.24, 2.45) is 11.8 Å². The van der Waals surface area contributed by atoms with Gasteiger partial charge < -0.3 is 14.2 Å². The Hall–Kier alpha value is -2.11. The molecular formula is C14H17N5O. The molecule has 0 spiro atoms. The molecule has 2 unspecified atom stereocenters. The van der Waals surface area contributed by atoms with Gasteiger partial charge in [-0.2, -0.15) is 0 Å². The standard InChI is InChI=1S/C14H17N5O/c1-10-4-15-9-17-13(10)18-5-11-7-19(8-12(11)6-18)14-16-2-3-20-14/h2-4,9,11-12H,5-8H2,1H3. The Morgan fingerprint density at radius 3 is 2.50 bits per heavy atom. The molecule has 2 aliphatic rings. The first-order valence-corrected chi connectivity index (χ1v) is 6.97. The zero-order valence-electron chi connectivity index (χ0n) is 11.4. The van der Waals surface area contributed by atoms with Crippen molar-refractivity contribution in [2.45, 2.75) is 6.92 Å². The van der Waals surface area contributed by atoms with Gasteiger partial charge in [-0.15, -0.1) is 0 Å². The fourth-order valence-corrected chi connectivity index (χ4v) is 3.42. The summed E-state index contributed by atoms with van der Waals surface area (Å²) in [6, 6.07) is 0.754. The molecule has 0 N–H and O–H groups in total. The molecule has 0 saturated carbocycles. The van der Waals surface area contributed by atoms with Gasteiger partial charge in [0.15, 0.2) is 0 Å². The van der Waals surface area contributed by atoms with E-state index in [-0.39, 0.29) is 0 Å². The van der Waals surface area contributed by atoms with Crippen LogP contribution in [0.4, 0.5) is 11.8 Å². The van der Waals surface area contributed by atoms with Gasteiger partial charge in [-0.05, 0) is 6.92 Å². The lowest BCUT2D eigenvalue weighted by Gasteiger charge is -2.22. The number of fused-ring (bicyclic) bond motifs is 1. The molecule has 2 atom stereocenters. The average molecular weight is 271 g/mol. The van der Waals surface area contributed by atoms with E-state index in [2.05, 4.69) is 31.7 Å². The fraction of sp³-hybridized carbons (Fsp3) is 0.500. The summed E-state index contributed by atoms with van der Waals surface area (Å²) in [7, 11) is 0. The summed E-state index contributed by atoms with van der Waals surface area (Å²) in [5.41, 5.74) is 1.15. The van der Waals surface area contributed by atoms with Gasteiger partial charge >= 0.3 is 0 Å². The van der Waals surface area contributed by atoms with Crippen LogP contribution in [-0.4, -0.2) is 41.1 Å². The van der Waals surface area contributed by atoms with E-state index in [1.807, 2.05) is 6.20 Å². The first-order valence-electron chi connectivity index (χ1n) is 6.97. The summed E-state index contributed by atoms with van der Waals surface area (Å²) < 4.78 is 5.39. The third kappa shape index (κ3) is 1.83. The van der Waals surface area contributed by atoms with Crippen molar-refractivity contribution in [1.82, 2.24) is 15.0 Å². The molecule has 0 radical (unpaired) electrons. The Morgan fingerprint density at radius 2 is 1.85 bits per heavy atom. The highest BCUT2D eigenvalue weighted by Crippen LogP contribution is 2.35. The van der Waals surface area contributed by atoms with E-state index in [1.54, 1.807) is 18.8 Å². The van der Waals surface area contributed by atoms with Crippen molar-refractivity contribution >= 4 is 11.8 Å². The highest BCUT2D eigenvalue weighted by molar-refractivity contribution is 5.47. The highest BCUT2D eigenvalue weighted by Gasteiger charge is 2.41. The van der Waals surface area contributed by atoms with Gasteiger partial charge in [0, 0.05) is 49.8 Å². The van der Waals surface area contributed by atoms with Crippen LogP contribution in [0.1, 0.15) is 5.56 Å². The smallest absolute Gasteiger partial charge is 0.297 e. The second-order valence-electron chi connectivity index (χ2n) is 5.67. The second-order valence-corrected chi connectivity index (χ2v) is 5.67. The Morgan fingerprint density at radius 1 is 1.10 bits per heavy atom. The first-order chi connectivity index (χ1) is 9.81. The molecule has 6 heteroatoms. The monoisotopic (exact) mass is 271 g/mol. The predicted octanol–water partition coefficient (Wildman–Crippen LogP) is 1.35. The molecule has 0 aliphatic carbocycles. The largest absolute Gasteiger partial charge is 0.432 e. The summed E-state index contributed by atoms with van der Waals surface area (Å²) in [5.74, 6) is 2.41. The van der Waals surface area contributed by atoms with Gasteiger partial charge in [-0.3, -0.25) is 0 Å². The van der Waals surface area contributed by atoms with Crippen molar-refractivity contribution in [3.63, 3.8) is 0 Å². The van der Waals surface area contributed by atoms with E-state index in [0.717, 1.165) is 43.6 Å². The number of anilines is 2. The lowest BCUT2D eigenvalue weighted by Crippen LogP contribution is -2.29. The molecule has 6 nitrogen and oxygen atoms in total. The molecule has 2 aromatic rings. The quantitative estimate of drug-likeness (QED) is 0.821.